The molecule has 0 aliphatic heterocycles. The Bertz CT molecular complexity index is 373. The maximum absolute atomic E-state index is 11.7. The molecule has 0 aliphatic carbocycles. The standard InChI is InChI=1S/C14H19NO3/c1-3-4-5-6-11-18-14(16)12-7-9-13(10-8-12)15-17-2/h3,7-10,15H,1,4-6,11H2,2H3. The molecule has 0 fully saturated rings. The molecule has 1 N–H and O–H groups in total. The molecule has 0 bridgehead atoms. The van der Waals surface area contributed by atoms with E-state index in [1.165, 1.54) is 7.11 Å². The summed E-state index contributed by atoms with van der Waals surface area (Å²) in [5.41, 5.74) is 4.01. The molecule has 0 atom stereocenters. The summed E-state index contributed by atoms with van der Waals surface area (Å²) >= 11 is 0. The molecular formula is C14H19NO3. The van der Waals surface area contributed by atoms with Crippen LogP contribution >= 0.6 is 0 Å². The van der Waals surface area contributed by atoms with Gasteiger partial charge in [0.15, 0.2) is 0 Å². The highest BCUT2D eigenvalue weighted by atomic mass is 16.6. The molecule has 4 heteroatoms. The maximum atomic E-state index is 11.7. The SMILES string of the molecule is C=CCCCCOC(=O)c1ccc(NOC)cc1. The molecule has 0 saturated heterocycles. The summed E-state index contributed by atoms with van der Waals surface area (Å²) in [7, 11) is 1.53. The Morgan fingerprint density at radius 1 is 1.33 bits per heavy atom. The molecule has 0 aromatic heterocycles. The summed E-state index contributed by atoms with van der Waals surface area (Å²) in [4.78, 5) is 16.4. The lowest BCUT2D eigenvalue weighted by molar-refractivity contribution is 0.0498. The van der Waals surface area contributed by atoms with Crippen molar-refractivity contribution in [3.8, 4) is 0 Å². The Kier molecular flexibility index (Phi) is 6.58. The van der Waals surface area contributed by atoms with E-state index in [4.69, 9.17) is 9.57 Å². The zero-order chi connectivity index (χ0) is 13.2. The van der Waals surface area contributed by atoms with E-state index in [2.05, 4.69) is 12.1 Å². The minimum atomic E-state index is -0.294. The van der Waals surface area contributed by atoms with Crippen molar-refractivity contribution >= 4 is 11.7 Å². The summed E-state index contributed by atoms with van der Waals surface area (Å²) in [6.45, 7) is 4.09. The number of nitrogens with one attached hydrogen (secondary N) is 1. The van der Waals surface area contributed by atoms with Gasteiger partial charge in [-0.3, -0.25) is 10.3 Å². The van der Waals surface area contributed by atoms with Crippen molar-refractivity contribution < 1.29 is 14.4 Å². The summed E-state index contributed by atoms with van der Waals surface area (Å²) in [5, 5.41) is 0. The Morgan fingerprint density at radius 2 is 2.06 bits per heavy atom. The van der Waals surface area contributed by atoms with Gasteiger partial charge in [0.1, 0.15) is 0 Å². The van der Waals surface area contributed by atoms with Gasteiger partial charge in [-0.05, 0) is 43.5 Å². The fourth-order valence-corrected chi connectivity index (χ4v) is 1.43. The summed E-state index contributed by atoms with van der Waals surface area (Å²) in [6, 6.07) is 6.93. The fourth-order valence-electron chi connectivity index (χ4n) is 1.43. The molecule has 18 heavy (non-hydrogen) atoms. The Hall–Kier alpha value is -1.81. The summed E-state index contributed by atoms with van der Waals surface area (Å²) < 4.78 is 5.15. The van der Waals surface area contributed by atoms with Gasteiger partial charge >= 0.3 is 5.97 Å². The monoisotopic (exact) mass is 249 g/mol. The van der Waals surface area contributed by atoms with E-state index in [-0.39, 0.29) is 5.97 Å². The highest BCUT2D eigenvalue weighted by Gasteiger charge is 2.06. The molecule has 0 saturated carbocycles. The second-order valence-electron chi connectivity index (χ2n) is 3.80. The number of rotatable bonds is 8. The summed E-state index contributed by atoms with van der Waals surface area (Å²) in [6.07, 6.45) is 4.67. The average Bonchev–Trinajstić information content (AvgIpc) is 2.39. The summed E-state index contributed by atoms with van der Waals surface area (Å²) in [5.74, 6) is -0.294. The van der Waals surface area contributed by atoms with Gasteiger partial charge in [0.05, 0.1) is 25.0 Å². The lowest BCUT2D eigenvalue weighted by Crippen LogP contribution is -2.06. The van der Waals surface area contributed by atoms with E-state index in [0.29, 0.717) is 12.2 Å². The van der Waals surface area contributed by atoms with Crippen LogP contribution in [0.2, 0.25) is 0 Å². The number of allylic oxidation sites excluding steroid dienone is 1. The normalized spacial score (nSPS) is 9.83. The van der Waals surface area contributed by atoms with E-state index in [1.54, 1.807) is 24.3 Å². The number of anilines is 1. The van der Waals surface area contributed by atoms with Crippen molar-refractivity contribution in [1.82, 2.24) is 0 Å². The predicted molar refractivity (Wildman–Crippen MR) is 71.4 cm³/mol. The maximum Gasteiger partial charge on any atom is 0.338 e. The van der Waals surface area contributed by atoms with Gasteiger partial charge < -0.3 is 4.74 Å². The third-order valence-electron chi connectivity index (χ3n) is 2.38. The van der Waals surface area contributed by atoms with Crippen LogP contribution in [0.1, 0.15) is 29.6 Å². The molecule has 0 amide bonds. The van der Waals surface area contributed by atoms with E-state index in [1.807, 2.05) is 6.08 Å². The molecule has 1 aromatic carbocycles. The number of hydrogen-bond donors (Lipinski definition) is 1. The fraction of sp³-hybridized carbons (Fsp3) is 0.357. The second-order valence-corrected chi connectivity index (χ2v) is 3.80. The molecule has 0 spiro atoms. The molecule has 0 radical (unpaired) electrons. The van der Waals surface area contributed by atoms with Gasteiger partial charge in [0, 0.05) is 0 Å². The van der Waals surface area contributed by atoms with Crippen LogP contribution in [-0.2, 0) is 9.57 Å². The lowest BCUT2D eigenvalue weighted by Gasteiger charge is -2.06. The second kappa shape index (κ2) is 8.31. The van der Waals surface area contributed by atoms with Crippen LogP contribution in [0, 0.1) is 0 Å². The van der Waals surface area contributed by atoms with Crippen molar-refractivity contribution in [3.63, 3.8) is 0 Å². The quantitative estimate of drug-likeness (QED) is 0.333. The Morgan fingerprint density at radius 3 is 2.67 bits per heavy atom. The first-order valence-corrected chi connectivity index (χ1v) is 5.95. The van der Waals surface area contributed by atoms with E-state index >= 15 is 0 Å². The third kappa shape index (κ3) is 5.01. The number of unbranched alkanes of at least 4 members (excludes halogenated alkanes) is 2. The number of ether oxygens (including phenoxy) is 1. The van der Waals surface area contributed by atoms with Crippen LogP contribution < -0.4 is 5.48 Å². The van der Waals surface area contributed by atoms with Crippen molar-refractivity contribution in [3.05, 3.63) is 42.5 Å². The van der Waals surface area contributed by atoms with Gasteiger partial charge in [-0.25, -0.2) is 4.79 Å². The molecule has 98 valence electrons. The van der Waals surface area contributed by atoms with Crippen LogP contribution in [0.3, 0.4) is 0 Å². The average molecular weight is 249 g/mol. The van der Waals surface area contributed by atoms with Gasteiger partial charge in [-0.1, -0.05) is 6.08 Å². The highest BCUT2D eigenvalue weighted by molar-refractivity contribution is 5.89. The third-order valence-corrected chi connectivity index (χ3v) is 2.38. The van der Waals surface area contributed by atoms with E-state index < -0.39 is 0 Å². The molecule has 1 aromatic rings. The van der Waals surface area contributed by atoms with Crippen molar-refractivity contribution in [2.75, 3.05) is 19.2 Å². The topological polar surface area (TPSA) is 47.6 Å². The molecule has 4 nitrogen and oxygen atoms in total. The number of benzene rings is 1. The number of esters is 1. The van der Waals surface area contributed by atoms with E-state index in [9.17, 15) is 4.79 Å². The molecular weight excluding hydrogens is 230 g/mol. The van der Waals surface area contributed by atoms with Crippen molar-refractivity contribution in [2.45, 2.75) is 19.3 Å². The van der Waals surface area contributed by atoms with Crippen LogP contribution in [0.15, 0.2) is 36.9 Å². The minimum Gasteiger partial charge on any atom is -0.462 e. The van der Waals surface area contributed by atoms with Crippen LogP contribution in [0.25, 0.3) is 0 Å². The zero-order valence-corrected chi connectivity index (χ0v) is 10.6. The molecule has 1 rings (SSSR count). The smallest absolute Gasteiger partial charge is 0.338 e. The first kappa shape index (κ1) is 14.3. The van der Waals surface area contributed by atoms with Crippen molar-refractivity contribution in [2.24, 2.45) is 0 Å². The Labute approximate surface area is 108 Å². The lowest BCUT2D eigenvalue weighted by atomic mass is 10.2. The van der Waals surface area contributed by atoms with Crippen LogP contribution in [0.4, 0.5) is 5.69 Å². The predicted octanol–water partition coefficient (Wildman–Crippen LogP) is 3.17. The highest BCUT2D eigenvalue weighted by Crippen LogP contribution is 2.10. The van der Waals surface area contributed by atoms with E-state index in [0.717, 1.165) is 24.9 Å². The van der Waals surface area contributed by atoms with Gasteiger partial charge in [-0.15, -0.1) is 6.58 Å². The number of hydrogen-bond acceptors (Lipinski definition) is 4. The van der Waals surface area contributed by atoms with Crippen molar-refractivity contribution in [1.29, 1.82) is 0 Å². The van der Waals surface area contributed by atoms with Gasteiger partial charge in [0.2, 0.25) is 0 Å². The molecule has 0 aliphatic rings. The molecule has 0 unspecified atom stereocenters. The van der Waals surface area contributed by atoms with Crippen LogP contribution in [0.5, 0.6) is 0 Å². The first-order valence-electron chi connectivity index (χ1n) is 5.95. The largest absolute Gasteiger partial charge is 0.462 e. The minimum absolute atomic E-state index is 0.294. The van der Waals surface area contributed by atoms with Gasteiger partial charge in [-0.2, -0.15) is 0 Å². The zero-order valence-electron chi connectivity index (χ0n) is 10.6. The first-order chi connectivity index (χ1) is 8.77. The van der Waals surface area contributed by atoms with Crippen LogP contribution in [-0.4, -0.2) is 19.7 Å². The molecule has 0 heterocycles. The Balaban J connectivity index is 2.34. The number of carbonyl (C=O) groups excluding carboxylic acids is 1. The number of carbonyl (C=O) groups is 1. The van der Waals surface area contributed by atoms with Gasteiger partial charge in [0.25, 0.3) is 0 Å².